The molecule has 0 saturated carbocycles. The van der Waals surface area contributed by atoms with Crippen LogP contribution in [0.2, 0.25) is 0 Å². The van der Waals surface area contributed by atoms with E-state index in [1.54, 1.807) is 12.1 Å². The molecule has 2 N–H and O–H groups in total. The molecule has 1 aromatic rings. The third-order valence-electron chi connectivity index (χ3n) is 2.48. The van der Waals surface area contributed by atoms with Gasteiger partial charge in [0.1, 0.15) is 6.04 Å². The summed E-state index contributed by atoms with van der Waals surface area (Å²) >= 11 is 5.40. The summed E-state index contributed by atoms with van der Waals surface area (Å²) < 4.78 is 1.57. The number of benzene rings is 1. The first-order valence-electron chi connectivity index (χ1n) is 5.80. The molecule has 1 atom stereocenters. The molecule has 0 fully saturated rings. The second kappa shape index (κ2) is 7.23. The Morgan fingerprint density at radius 2 is 2.05 bits per heavy atom. The van der Waals surface area contributed by atoms with Crippen molar-refractivity contribution in [3.8, 4) is 0 Å². The van der Waals surface area contributed by atoms with Crippen LogP contribution < -0.4 is 5.32 Å². The minimum absolute atomic E-state index is 0.195. The van der Waals surface area contributed by atoms with Crippen LogP contribution in [0.25, 0.3) is 0 Å². The van der Waals surface area contributed by atoms with Crippen molar-refractivity contribution in [2.45, 2.75) is 26.3 Å². The molecule has 0 radical (unpaired) electrons. The number of amides is 1. The minimum Gasteiger partial charge on any atom is -0.480 e. The zero-order valence-corrected chi connectivity index (χ0v) is 14.4. The number of halogens is 2. The van der Waals surface area contributed by atoms with Gasteiger partial charge in [-0.1, -0.05) is 13.8 Å². The average Bonchev–Trinajstić information content (AvgIpc) is 2.30. The highest BCUT2D eigenvalue weighted by Crippen LogP contribution is 2.20. The van der Waals surface area contributed by atoms with Crippen LogP contribution in [0.15, 0.2) is 22.7 Å². The van der Waals surface area contributed by atoms with Gasteiger partial charge in [0.05, 0.1) is 5.56 Å². The highest BCUT2D eigenvalue weighted by molar-refractivity contribution is 14.1. The van der Waals surface area contributed by atoms with E-state index in [-0.39, 0.29) is 11.8 Å². The molecular weight excluding hydrogens is 425 g/mol. The van der Waals surface area contributed by atoms with Crippen LogP contribution in [0, 0.1) is 9.49 Å². The molecule has 6 heteroatoms. The Kier molecular flexibility index (Phi) is 6.25. The third-order valence-corrected chi connectivity index (χ3v) is 3.85. The van der Waals surface area contributed by atoms with Crippen LogP contribution in [0.4, 0.5) is 0 Å². The summed E-state index contributed by atoms with van der Waals surface area (Å²) in [5.41, 5.74) is 0.446. The molecule has 104 valence electrons. The van der Waals surface area contributed by atoms with Crippen LogP contribution in [-0.4, -0.2) is 23.0 Å². The molecular formula is C13H15BrINO3. The van der Waals surface area contributed by atoms with Crippen molar-refractivity contribution >= 4 is 50.4 Å². The number of hydrogen-bond donors (Lipinski definition) is 2. The van der Waals surface area contributed by atoms with E-state index < -0.39 is 12.0 Å². The molecule has 0 aliphatic heterocycles. The number of rotatable bonds is 5. The smallest absolute Gasteiger partial charge is 0.326 e. The molecule has 0 heterocycles. The standard InChI is InChI=1S/C13H15BrINO3/c1-7(2)5-11(13(18)19)16-12(17)9-6-8(15)3-4-10(9)14/h3-4,6-7,11H,5H2,1-2H3,(H,16,17)(H,18,19)/t11-/m0/s1. The molecule has 1 amide bonds. The molecule has 0 saturated heterocycles. The van der Waals surface area contributed by atoms with E-state index in [1.165, 1.54) is 0 Å². The number of hydrogen-bond acceptors (Lipinski definition) is 2. The second-order valence-electron chi connectivity index (χ2n) is 4.62. The topological polar surface area (TPSA) is 66.4 Å². The van der Waals surface area contributed by atoms with Crippen LogP contribution in [0.3, 0.4) is 0 Å². The van der Waals surface area contributed by atoms with Gasteiger partial charge in [0.25, 0.3) is 5.91 Å². The first-order chi connectivity index (χ1) is 8.81. The first kappa shape index (κ1) is 16.4. The zero-order valence-electron chi connectivity index (χ0n) is 10.6. The Morgan fingerprint density at radius 3 is 2.58 bits per heavy atom. The van der Waals surface area contributed by atoms with E-state index in [1.807, 2.05) is 19.9 Å². The normalized spacial score (nSPS) is 12.3. The van der Waals surface area contributed by atoms with Gasteiger partial charge in [-0.15, -0.1) is 0 Å². The molecule has 1 aromatic carbocycles. The lowest BCUT2D eigenvalue weighted by molar-refractivity contribution is -0.139. The van der Waals surface area contributed by atoms with Gasteiger partial charge in [-0.25, -0.2) is 4.79 Å². The number of nitrogens with one attached hydrogen (secondary N) is 1. The van der Waals surface area contributed by atoms with Crippen LogP contribution in [0.5, 0.6) is 0 Å². The SMILES string of the molecule is CC(C)C[C@H](NC(=O)c1cc(I)ccc1Br)C(=O)O. The van der Waals surface area contributed by atoms with Gasteiger partial charge in [0.15, 0.2) is 0 Å². The Morgan fingerprint density at radius 1 is 1.42 bits per heavy atom. The van der Waals surface area contributed by atoms with Crippen molar-refractivity contribution in [2.24, 2.45) is 5.92 Å². The van der Waals surface area contributed by atoms with Crippen LogP contribution in [-0.2, 0) is 4.79 Å². The van der Waals surface area contributed by atoms with E-state index in [0.29, 0.717) is 16.5 Å². The Balaban J connectivity index is 2.87. The van der Waals surface area contributed by atoms with Gasteiger partial charge in [0, 0.05) is 8.04 Å². The van der Waals surface area contributed by atoms with Crippen LogP contribution in [0.1, 0.15) is 30.6 Å². The van der Waals surface area contributed by atoms with Crippen molar-refractivity contribution in [1.82, 2.24) is 5.32 Å². The predicted octanol–water partition coefficient (Wildman–Crippen LogP) is 3.28. The molecule has 0 aliphatic rings. The molecule has 4 nitrogen and oxygen atoms in total. The maximum atomic E-state index is 12.1. The number of carbonyl (C=O) groups is 2. The molecule has 0 aliphatic carbocycles. The summed E-state index contributed by atoms with van der Waals surface area (Å²) in [6.07, 6.45) is 0.405. The summed E-state index contributed by atoms with van der Waals surface area (Å²) in [5, 5.41) is 11.7. The van der Waals surface area contributed by atoms with E-state index in [4.69, 9.17) is 5.11 Å². The lowest BCUT2D eigenvalue weighted by Gasteiger charge is -2.17. The Labute approximate surface area is 134 Å². The fraction of sp³-hybridized carbons (Fsp3) is 0.385. The van der Waals surface area contributed by atoms with Gasteiger partial charge >= 0.3 is 5.97 Å². The van der Waals surface area contributed by atoms with E-state index in [2.05, 4.69) is 43.8 Å². The summed E-state index contributed by atoms with van der Waals surface area (Å²) in [6, 6.07) is 4.49. The lowest BCUT2D eigenvalue weighted by atomic mass is 10.0. The highest BCUT2D eigenvalue weighted by Gasteiger charge is 2.22. The molecule has 1 rings (SSSR count). The number of carboxylic acids is 1. The maximum Gasteiger partial charge on any atom is 0.326 e. The van der Waals surface area contributed by atoms with Crippen molar-refractivity contribution < 1.29 is 14.7 Å². The molecule has 0 unspecified atom stereocenters. The van der Waals surface area contributed by atoms with E-state index >= 15 is 0 Å². The monoisotopic (exact) mass is 439 g/mol. The van der Waals surface area contributed by atoms with Crippen molar-refractivity contribution in [3.05, 3.63) is 31.8 Å². The maximum absolute atomic E-state index is 12.1. The molecule has 19 heavy (non-hydrogen) atoms. The second-order valence-corrected chi connectivity index (χ2v) is 6.72. The lowest BCUT2D eigenvalue weighted by Crippen LogP contribution is -2.41. The quantitative estimate of drug-likeness (QED) is 0.692. The average molecular weight is 440 g/mol. The summed E-state index contributed by atoms with van der Waals surface area (Å²) in [6.45, 7) is 3.84. The summed E-state index contributed by atoms with van der Waals surface area (Å²) in [4.78, 5) is 23.2. The van der Waals surface area contributed by atoms with Gasteiger partial charge in [-0.2, -0.15) is 0 Å². The summed E-state index contributed by atoms with van der Waals surface area (Å²) in [5.74, 6) is -1.19. The Bertz CT molecular complexity index is 491. The molecule has 0 aromatic heterocycles. The summed E-state index contributed by atoms with van der Waals surface area (Å²) in [7, 11) is 0. The molecule has 0 bridgehead atoms. The van der Waals surface area contributed by atoms with Gasteiger partial charge in [-0.05, 0) is 69.1 Å². The van der Waals surface area contributed by atoms with E-state index in [9.17, 15) is 9.59 Å². The van der Waals surface area contributed by atoms with Gasteiger partial charge in [0.2, 0.25) is 0 Å². The van der Waals surface area contributed by atoms with Crippen molar-refractivity contribution in [1.29, 1.82) is 0 Å². The fourth-order valence-corrected chi connectivity index (χ4v) is 2.52. The minimum atomic E-state index is -1.01. The van der Waals surface area contributed by atoms with Gasteiger partial charge in [-0.3, -0.25) is 4.79 Å². The van der Waals surface area contributed by atoms with E-state index in [0.717, 1.165) is 3.57 Å². The first-order valence-corrected chi connectivity index (χ1v) is 7.67. The largest absolute Gasteiger partial charge is 0.480 e. The molecule has 0 spiro atoms. The van der Waals surface area contributed by atoms with Crippen molar-refractivity contribution in [3.63, 3.8) is 0 Å². The van der Waals surface area contributed by atoms with Crippen LogP contribution >= 0.6 is 38.5 Å². The number of aliphatic carboxylic acids is 1. The zero-order chi connectivity index (χ0) is 14.6. The van der Waals surface area contributed by atoms with Crippen molar-refractivity contribution in [2.75, 3.05) is 0 Å². The predicted molar refractivity (Wildman–Crippen MR) is 85.2 cm³/mol. The number of carbonyl (C=O) groups excluding carboxylic acids is 1. The van der Waals surface area contributed by atoms with Gasteiger partial charge < -0.3 is 10.4 Å². The third kappa shape index (κ3) is 5.10. The number of carboxylic acid groups (broad SMARTS) is 1. The Hall–Kier alpha value is -0.630. The highest BCUT2D eigenvalue weighted by atomic mass is 127. The fourth-order valence-electron chi connectivity index (χ4n) is 1.60.